The van der Waals surface area contributed by atoms with E-state index in [-0.39, 0.29) is 24.7 Å². The normalized spacial score (nSPS) is 12.6. The molecular weight excluding hydrogens is 465 g/mol. The van der Waals surface area contributed by atoms with Crippen molar-refractivity contribution in [1.29, 1.82) is 0 Å². The van der Waals surface area contributed by atoms with Crippen LogP contribution in [0.5, 0.6) is 0 Å². The van der Waals surface area contributed by atoms with Gasteiger partial charge in [-0.1, -0.05) is 56.6 Å². The Morgan fingerprint density at radius 1 is 1.18 bits per heavy atom. The Hall–Kier alpha value is -2.51. The highest BCUT2D eigenvalue weighted by Crippen LogP contribution is 2.34. The lowest BCUT2D eigenvalue weighted by Crippen LogP contribution is -2.14. The van der Waals surface area contributed by atoms with Crippen LogP contribution in [0.3, 0.4) is 0 Å². The van der Waals surface area contributed by atoms with Crippen LogP contribution in [0.15, 0.2) is 29.3 Å². The molecule has 2 aromatic rings. The van der Waals surface area contributed by atoms with E-state index in [2.05, 4.69) is 43.0 Å². The van der Waals surface area contributed by atoms with E-state index < -0.39 is 6.16 Å². The number of benzene rings is 1. The number of carbonyl (C=O) groups excluding carboxylic acids is 1. The predicted octanol–water partition coefficient (Wildman–Crippen LogP) is 6.10. The molecule has 0 aliphatic heterocycles. The Bertz CT molecular complexity index is 1010. The second-order valence-corrected chi connectivity index (χ2v) is 8.97. The summed E-state index contributed by atoms with van der Waals surface area (Å²) >= 11 is 12.2. The number of allylic oxidation sites excluding steroid dienone is 1. The zero-order valence-corrected chi connectivity index (χ0v) is 21.5. The molecule has 0 radical (unpaired) electrons. The van der Waals surface area contributed by atoms with Crippen LogP contribution in [0.2, 0.25) is 5.02 Å². The topological polar surface area (TPSA) is 74.9 Å². The van der Waals surface area contributed by atoms with Crippen molar-refractivity contribution in [3.8, 4) is 0 Å². The van der Waals surface area contributed by atoms with E-state index in [0.29, 0.717) is 34.3 Å². The fourth-order valence-corrected chi connectivity index (χ4v) is 3.42. The summed E-state index contributed by atoms with van der Waals surface area (Å²) in [5, 5.41) is 4.94. The smallest absolute Gasteiger partial charge is 0.454 e. The summed E-state index contributed by atoms with van der Waals surface area (Å²) in [5.41, 5.74) is 3.98. The van der Waals surface area contributed by atoms with E-state index >= 15 is 0 Å². The van der Waals surface area contributed by atoms with Crippen molar-refractivity contribution in [3.63, 3.8) is 0 Å². The first-order chi connectivity index (χ1) is 15.6. The van der Waals surface area contributed by atoms with Gasteiger partial charge in [0.15, 0.2) is 5.76 Å². The number of carbonyl (C=O) groups is 1. The molecule has 0 amide bonds. The first-order valence-electron chi connectivity index (χ1n) is 10.6. The van der Waals surface area contributed by atoms with Gasteiger partial charge >= 0.3 is 6.16 Å². The van der Waals surface area contributed by atoms with Gasteiger partial charge in [0.05, 0.1) is 16.6 Å². The SMILES string of the molecule is CCn1nc(C)c(Cl)c1/C(OCOC(=O)OCCCl)=C(\C=NC)c1ccc(C(C)(C)C)cc1. The van der Waals surface area contributed by atoms with Crippen LogP contribution in [0.4, 0.5) is 4.79 Å². The highest BCUT2D eigenvalue weighted by atomic mass is 35.5. The zero-order valence-electron chi connectivity index (χ0n) is 19.9. The van der Waals surface area contributed by atoms with Crippen molar-refractivity contribution >= 4 is 46.9 Å². The van der Waals surface area contributed by atoms with Crippen molar-refractivity contribution in [3.05, 3.63) is 51.8 Å². The molecular formula is C24H31Cl2N3O4. The second kappa shape index (κ2) is 12.1. The number of hydrogen-bond acceptors (Lipinski definition) is 6. The van der Waals surface area contributed by atoms with Gasteiger partial charge < -0.3 is 14.2 Å². The third-order valence-electron chi connectivity index (χ3n) is 4.81. The summed E-state index contributed by atoms with van der Waals surface area (Å²) in [6, 6.07) is 8.15. The van der Waals surface area contributed by atoms with E-state index in [1.165, 1.54) is 5.56 Å². The first kappa shape index (κ1) is 26.7. The van der Waals surface area contributed by atoms with E-state index in [4.69, 9.17) is 37.4 Å². The molecule has 0 saturated carbocycles. The molecule has 0 atom stereocenters. The maximum Gasteiger partial charge on any atom is 0.511 e. The standard InChI is InChI=1S/C24H31Cl2N3O4/c1-7-29-21(20(26)16(2)28-29)22(32-15-33-23(30)31-13-12-25)19(14-27-6)17-8-10-18(11-9-17)24(3,4)5/h8-11,14H,7,12-13,15H2,1-6H3/b22-19-,27-14?. The average Bonchev–Trinajstić information content (AvgIpc) is 3.07. The fourth-order valence-electron chi connectivity index (χ4n) is 3.12. The minimum Gasteiger partial charge on any atom is -0.454 e. The minimum absolute atomic E-state index is 0.0130. The lowest BCUT2D eigenvalue weighted by Gasteiger charge is -2.20. The largest absolute Gasteiger partial charge is 0.511 e. The first-order valence-corrected chi connectivity index (χ1v) is 11.5. The molecule has 0 fully saturated rings. The van der Waals surface area contributed by atoms with E-state index in [1.54, 1.807) is 17.9 Å². The third-order valence-corrected chi connectivity index (χ3v) is 5.42. The number of ether oxygens (including phenoxy) is 3. The zero-order chi connectivity index (χ0) is 24.6. The number of hydrogen-bond donors (Lipinski definition) is 0. The number of nitrogens with zero attached hydrogens (tertiary/aromatic N) is 3. The average molecular weight is 496 g/mol. The second-order valence-electron chi connectivity index (χ2n) is 8.22. The summed E-state index contributed by atoms with van der Waals surface area (Å²) in [6.07, 6.45) is 0.813. The summed E-state index contributed by atoms with van der Waals surface area (Å²) < 4.78 is 17.6. The number of rotatable bonds is 9. The molecule has 1 aromatic heterocycles. The lowest BCUT2D eigenvalue weighted by molar-refractivity contribution is -0.00342. The van der Waals surface area contributed by atoms with Gasteiger partial charge in [0.25, 0.3) is 0 Å². The van der Waals surface area contributed by atoms with E-state index in [1.807, 2.05) is 26.0 Å². The molecule has 180 valence electrons. The molecule has 0 spiro atoms. The van der Waals surface area contributed by atoms with E-state index in [0.717, 1.165) is 5.56 Å². The molecule has 0 aliphatic rings. The summed E-state index contributed by atoms with van der Waals surface area (Å²) in [4.78, 5) is 16.0. The van der Waals surface area contributed by atoms with Crippen LogP contribution in [0.25, 0.3) is 11.3 Å². The van der Waals surface area contributed by atoms with Gasteiger partial charge in [0, 0.05) is 25.4 Å². The van der Waals surface area contributed by atoms with Crippen LogP contribution in [-0.4, -0.2) is 48.5 Å². The van der Waals surface area contributed by atoms with E-state index in [9.17, 15) is 4.79 Å². The molecule has 0 N–H and O–H groups in total. The molecule has 2 rings (SSSR count). The Kier molecular flexibility index (Phi) is 9.80. The fraction of sp³-hybridized carbons (Fsp3) is 0.458. The molecule has 0 bridgehead atoms. The van der Waals surface area contributed by atoms with Crippen LogP contribution in [0.1, 0.15) is 50.2 Å². The number of halogens is 2. The van der Waals surface area contributed by atoms with Crippen LogP contribution < -0.4 is 0 Å². The Morgan fingerprint density at radius 2 is 1.85 bits per heavy atom. The molecule has 1 heterocycles. The van der Waals surface area contributed by atoms with Gasteiger partial charge in [-0.2, -0.15) is 5.10 Å². The number of aromatic nitrogens is 2. The Balaban J connectivity index is 2.57. The van der Waals surface area contributed by atoms with Gasteiger partial charge in [-0.05, 0) is 30.4 Å². The third kappa shape index (κ3) is 6.98. The van der Waals surface area contributed by atoms with Crippen LogP contribution >= 0.6 is 23.2 Å². The van der Waals surface area contributed by atoms with Gasteiger partial charge in [0.2, 0.25) is 6.79 Å². The molecule has 0 unspecified atom stereocenters. The van der Waals surface area contributed by atoms with Crippen molar-refractivity contribution in [2.24, 2.45) is 4.99 Å². The number of aryl methyl sites for hydroxylation is 2. The Labute approximate surface area is 205 Å². The molecule has 9 heteroatoms. The highest BCUT2D eigenvalue weighted by molar-refractivity contribution is 6.33. The minimum atomic E-state index is -0.874. The van der Waals surface area contributed by atoms with Crippen molar-refractivity contribution in [2.45, 2.75) is 46.6 Å². The van der Waals surface area contributed by atoms with Crippen molar-refractivity contribution < 1.29 is 19.0 Å². The number of aliphatic imine (C=N–C) groups is 1. The van der Waals surface area contributed by atoms with Crippen molar-refractivity contribution in [1.82, 2.24) is 9.78 Å². The quantitative estimate of drug-likeness (QED) is 0.138. The lowest BCUT2D eigenvalue weighted by atomic mass is 9.86. The molecule has 33 heavy (non-hydrogen) atoms. The molecule has 1 aromatic carbocycles. The van der Waals surface area contributed by atoms with Crippen molar-refractivity contribution in [2.75, 3.05) is 26.3 Å². The van der Waals surface area contributed by atoms with Gasteiger partial charge in [0.1, 0.15) is 12.3 Å². The highest BCUT2D eigenvalue weighted by Gasteiger charge is 2.23. The van der Waals surface area contributed by atoms with Crippen LogP contribution in [0, 0.1) is 6.92 Å². The Morgan fingerprint density at radius 3 is 2.39 bits per heavy atom. The predicted molar refractivity (Wildman–Crippen MR) is 133 cm³/mol. The molecule has 0 saturated heterocycles. The summed E-state index contributed by atoms with van der Waals surface area (Å²) in [5.74, 6) is 0.564. The monoisotopic (exact) mass is 495 g/mol. The number of alkyl halides is 1. The van der Waals surface area contributed by atoms with Gasteiger partial charge in [-0.3, -0.25) is 9.67 Å². The van der Waals surface area contributed by atoms with Crippen LogP contribution in [-0.2, 0) is 26.2 Å². The summed E-state index contributed by atoms with van der Waals surface area (Å²) in [6.45, 7) is 10.5. The molecule has 0 aliphatic carbocycles. The molecule has 7 nitrogen and oxygen atoms in total. The maximum absolute atomic E-state index is 11.7. The maximum atomic E-state index is 11.7. The summed E-state index contributed by atoms with van der Waals surface area (Å²) in [7, 11) is 1.67. The van der Waals surface area contributed by atoms with Gasteiger partial charge in [-0.15, -0.1) is 11.6 Å². The van der Waals surface area contributed by atoms with Gasteiger partial charge in [-0.25, -0.2) is 4.79 Å².